The molecule has 1 heterocycles. The lowest BCUT2D eigenvalue weighted by Crippen LogP contribution is -2.45. The summed E-state index contributed by atoms with van der Waals surface area (Å²) in [5, 5.41) is 11.9. The molecule has 6 nitrogen and oxygen atoms in total. The Kier molecular flexibility index (Phi) is 5.71. The van der Waals surface area contributed by atoms with Crippen LogP contribution >= 0.6 is 0 Å². The van der Waals surface area contributed by atoms with E-state index in [4.69, 9.17) is 9.47 Å². The van der Waals surface area contributed by atoms with Crippen molar-refractivity contribution in [1.82, 2.24) is 5.32 Å². The Labute approximate surface area is 123 Å². The molecule has 0 aliphatic carbocycles. The van der Waals surface area contributed by atoms with Gasteiger partial charge in [-0.25, -0.2) is 0 Å². The first kappa shape index (κ1) is 15.5. The van der Waals surface area contributed by atoms with Crippen molar-refractivity contribution in [1.29, 1.82) is 0 Å². The van der Waals surface area contributed by atoms with E-state index in [9.17, 15) is 14.7 Å². The van der Waals surface area contributed by atoms with E-state index in [1.165, 1.54) is 0 Å². The maximum Gasteiger partial charge on any atom is 0.308 e. The molecule has 0 radical (unpaired) electrons. The van der Waals surface area contributed by atoms with Gasteiger partial charge in [0.1, 0.15) is 0 Å². The Bertz CT molecular complexity index is 470. The van der Waals surface area contributed by atoms with Gasteiger partial charge in [-0.15, -0.1) is 0 Å². The molecule has 6 heteroatoms. The van der Waals surface area contributed by atoms with Gasteiger partial charge in [0, 0.05) is 6.54 Å². The van der Waals surface area contributed by atoms with E-state index in [1.54, 1.807) is 0 Å². The summed E-state index contributed by atoms with van der Waals surface area (Å²) in [6.07, 6.45) is -0.275. The molecule has 0 bridgehead atoms. The number of nitrogens with one attached hydrogen (secondary N) is 1. The fourth-order valence-corrected chi connectivity index (χ4v) is 2.12. The van der Waals surface area contributed by atoms with Gasteiger partial charge in [-0.05, 0) is 12.0 Å². The lowest BCUT2D eigenvalue weighted by molar-refractivity contribution is -0.148. The van der Waals surface area contributed by atoms with Crippen LogP contribution in [0.1, 0.15) is 5.56 Å². The largest absolute Gasteiger partial charge is 0.481 e. The van der Waals surface area contributed by atoms with Crippen LogP contribution in [0.5, 0.6) is 0 Å². The van der Waals surface area contributed by atoms with Gasteiger partial charge >= 0.3 is 5.97 Å². The van der Waals surface area contributed by atoms with Crippen molar-refractivity contribution >= 4 is 11.9 Å². The summed E-state index contributed by atoms with van der Waals surface area (Å²) in [7, 11) is 0. The fraction of sp³-hybridized carbons (Fsp3) is 0.467. The van der Waals surface area contributed by atoms with Gasteiger partial charge in [-0.1, -0.05) is 30.3 Å². The molecule has 21 heavy (non-hydrogen) atoms. The van der Waals surface area contributed by atoms with E-state index in [-0.39, 0.29) is 19.1 Å². The van der Waals surface area contributed by atoms with Crippen LogP contribution < -0.4 is 5.32 Å². The molecular formula is C15H19NO5. The van der Waals surface area contributed by atoms with Crippen LogP contribution in [-0.2, 0) is 25.5 Å². The number of hydrogen-bond acceptors (Lipinski definition) is 4. The summed E-state index contributed by atoms with van der Waals surface area (Å²) in [5.41, 5.74) is 0.927. The Morgan fingerprint density at radius 3 is 2.67 bits per heavy atom. The second-order valence-corrected chi connectivity index (χ2v) is 4.90. The third-order valence-electron chi connectivity index (χ3n) is 3.31. The molecule has 1 aromatic carbocycles. The topological polar surface area (TPSA) is 84.9 Å². The first-order valence-corrected chi connectivity index (χ1v) is 6.90. The molecule has 1 aliphatic heterocycles. The normalized spacial score (nSPS) is 19.7. The van der Waals surface area contributed by atoms with Crippen LogP contribution in [0.4, 0.5) is 0 Å². The molecule has 1 amide bonds. The molecule has 1 saturated heterocycles. The van der Waals surface area contributed by atoms with Gasteiger partial charge in [0.25, 0.3) is 5.91 Å². The van der Waals surface area contributed by atoms with Crippen LogP contribution in [0, 0.1) is 5.92 Å². The minimum Gasteiger partial charge on any atom is -0.481 e. The van der Waals surface area contributed by atoms with E-state index in [0.717, 1.165) is 5.56 Å². The van der Waals surface area contributed by atoms with Crippen molar-refractivity contribution in [2.45, 2.75) is 12.5 Å². The average Bonchev–Trinajstić information content (AvgIpc) is 2.52. The maximum atomic E-state index is 11.9. The van der Waals surface area contributed by atoms with E-state index < -0.39 is 18.0 Å². The highest BCUT2D eigenvalue weighted by Crippen LogP contribution is 2.09. The predicted molar refractivity (Wildman–Crippen MR) is 74.8 cm³/mol. The zero-order valence-electron chi connectivity index (χ0n) is 11.7. The summed E-state index contributed by atoms with van der Waals surface area (Å²) in [5.74, 6) is -1.92. The van der Waals surface area contributed by atoms with Crippen LogP contribution in [-0.4, -0.2) is 49.5 Å². The molecule has 2 unspecified atom stereocenters. The second kappa shape index (κ2) is 7.75. The monoisotopic (exact) mass is 293 g/mol. The SMILES string of the molecule is O=C(O)C(CNC(=O)C1COCCO1)Cc1ccccc1. The molecule has 1 fully saturated rings. The third-order valence-corrected chi connectivity index (χ3v) is 3.31. The summed E-state index contributed by atoms with van der Waals surface area (Å²) in [4.78, 5) is 23.2. The number of rotatable bonds is 6. The van der Waals surface area contributed by atoms with Crippen LogP contribution in [0.2, 0.25) is 0 Å². The van der Waals surface area contributed by atoms with Crippen LogP contribution in [0.3, 0.4) is 0 Å². The Balaban J connectivity index is 1.85. The first-order chi connectivity index (χ1) is 10.2. The molecule has 114 valence electrons. The minimum atomic E-state index is -0.931. The molecule has 0 spiro atoms. The van der Waals surface area contributed by atoms with E-state index >= 15 is 0 Å². The molecule has 2 atom stereocenters. The van der Waals surface area contributed by atoms with Gasteiger partial charge in [0.05, 0.1) is 25.7 Å². The van der Waals surface area contributed by atoms with Gasteiger partial charge in [0.2, 0.25) is 0 Å². The molecular weight excluding hydrogens is 274 g/mol. The Morgan fingerprint density at radius 2 is 2.05 bits per heavy atom. The maximum absolute atomic E-state index is 11.9. The Hall–Kier alpha value is -1.92. The number of benzene rings is 1. The van der Waals surface area contributed by atoms with Crippen molar-refractivity contribution in [3.05, 3.63) is 35.9 Å². The van der Waals surface area contributed by atoms with E-state index in [1.807, 2.05) is 30.3 Å². The highest BCUT2D eigenvalue weighted by atomic mass is 16.6. The second-order valence-electron chi connectivity index (χ2n) is 4.90. The van der Waals surface area contributed by atoms with Gasteiger partial charge in [0.15, 0.2) is 6.10 Å². The number of amides is 1. The zero-order chi connectivity index (χ0) is 15.1. The lowest BCUT2D eigenvalue weighted by Gasteiger charge is -2.23. The molecule has 0 saturated carbocycles. The number of aliphatic carboxylic acids is 1. The zero-order valence-corrected chi connectivity index (χ0v) is 11.7. The lowest BCUT2D eigenvalue weighted by atomic mass is 9.99. The number of hydrogen-bond donors (Lipinski definition) is 2. The van der Waals surface area contributed by atoms with Crippen LogP contribution in [0.25, 0.3) is 0 Å². The van der Waals surface area contributed by atoms with Crippen molar-refractivity contribution < 1.29 is 24.2 Å². The van der Waals surface area contributed by atoms with Crippen molar-refractivity contribution in [3.63, 3.8) is 0 Å². The van der Waals surface area contributed by atoms with Crippen molar-refractivity contribution in [2.24, 2.45) is 5.92 Å². The highest BCUT2D eigenvalue weighted by molar-refractivity contribution is 5.81. The van der Waals surface area contributed by atoms with Gasteiger partial charge < -0.3 is 19.9 Å². The molecule has 1 aliphatic rings. The number of ether oxygens (including phenoxy) is 2. The van der Waals surface area contributed by atoms with E-state index in [0.29, 0.717) is 19.6 Å². The van der Waals surface area contributed by atoms with E-state index in [2.05, 4.69) is 5.32 Å². The molecule has 1 aromatic rings. The Morgan fingerprint density at radius 1 is 1.29 bits per heavy atom. The van der Waals surface area contributed by atoms with Gasteiger partial charge in [-0.2, -0.15) is 0 Å². The third kappa shape index (κ3) is 4.84. The fourth-order valence-electron chi connectivity index (χ4n) is 2.12. The standard InChI is InChI=1S/C15H19NO5/c17-14(13-10-20-6-7-21-13)16-9-12(15(18)19)8-11-4-2-1-3-5-11/h1-5,12-13H,6-10H2,(H,16,17)(H,18,19). The van der Waals surface area contributed by atoms with Gasteiger partial charge in [-0.3, -0.25) is 9.59 Å². The number of carbonyl (C=O) groups is 2. The summed E-state index contributed by atoms with van der Waals surface area (Å²) in [6, 6.07) is 9.34. The smallest absolute Gasteiger partial charge is 0.308 e. The first-order valence-electron chi connectivity index (χ1n) is 6.90. The van der Waals surface area contributed by atoms with Crippen molar-refractivity contribution in [2.75, 3.05) is 26.4 Å². The minimum absolute atomic E-state index is 0.0723. The quantitative estimate of drug-likeness (QED) is 0.796. The summed E-state index contributed by atoms with van der Waals surface area (Å²) in [6.45, 7) is 1.14. The summed E-state index contributed by atoms with van der Waals surface area (Å²) >= 11 is 0. The summed E-state index contributed by atoms with van der Waals surface area (Å²) < 4.78 is 10.4. The number of carboxylic acid groups (broad SMARTS) is 1. The van der Waals surface area contributed by atoms with Crippen molar-refractivity contribution in [3.8, 4) is 0 Å². The predicted octanol–water partition coefficient (Wildman–Crippen LogP) is 0.462. The number of carbonyl (C=O) groups excluding carboxylic acids is 1. The average molecular weight is 293 g/mol. The number of carboxylic acids is 1. The molecule has 2 rings (SSSR count). The highest BCUT2D eigenvalue weighted by Gasteiger charge is 2.25. The molecule has 0 aromatic heterocycles. The molecule has 2 N–H and O–H groups in total. The van der Waals surface area contributed by atoms with Crippen LogP contribution in [0.15, 0.2) is 30.3 Å².